The van der Waals surface area contributed by atoms with E-state index in [0.717, 1.165) is 19.3 Å². The SMILES string of the molecule is CC[C@@H](C)NC(=O)CSc1nc2ccccc2c(=O)n1CCCc1ccccc1. The molecular formula is C23H27N3O2S. The number of fused-ring (bicyclic) bond motifs is 1. The molecule has 1 aromatic heterocycles. The number of nitrogens with zero attached hydrogens (tertiary/aromatic N) is 2. The topological polar surface area (TPSA) is 64.0 Å². The Morgan fingerprint density at radius 3 is 2.62 bits per heavy atom. The normalized spacial score (nSPS) is 12.1. The van der Waals surface area contributed by atoms with Gasteiger partial charge in [0.2, 0.25) is 5.91 Å². The molecule has 1 N–H and O–H groups in total. The van der Waals surface area contributed by atoms with Crippen LogP contribution in [0.15, 0.2) is 64.5 Å². The van der Waals surface area contributed by atoms with Crippen LogP contribution in [0.5, 0.6) is 0 Å². The minimum atomic E-state index is -0.0477. The molecule has 0 aliphatic carbocycles. The zero-order valence-corrected chi connectivity index (χ0v) is 17.7. The molecule has 0 spiro atoms. The maximum Gasteiger partial charge on any atom is 0.262 e. The van der Waals surface area contributed by atoms with Crippen molar-refractivity contribution < 1.29 is 4.79 Å². The van der Waals surface area contributed by atoms with E-state index in [1.54, 1.807) is 4.57 Å². The molecule has 152 valence electrons. The quantitative estimate of drug-likeness (QED) is 0.428. The number of aryl methyl sites for hydroxylation is 1. The highest BCUT2D eigenvalue weighted by Gasteiger charge is 2.14. The fourth-order valence-corrected chi connectivity index (χ4v) is 3.93. The van der Waals surface area contributed by atoms with Gasteiger partial charge < -0.3 is 5.32 Å². The first-order valence-corrected chi connectivity index (χ1v) is 11.0. The lowest BCUT2D eigenvalue weighted by Crippen LogP contribution is -2.33. The van der Waals surface area contributed by atoms with Gasteiger partial charge in [-0.3, -0.25) is 14.2 Å². The number of amides is 1. The summed E-state index contributed by atoms with van der Waals surface area (Å²) < 4.78 is 1.71. The van der Waals surface area contributed by atoms with Crippen LogP contribution < -0.4 is 10.9 Å². The van der Waals surface area contributed by atoms with Crippen LogP contribution in [0.25, 0.3) is 10.9 Å². The van der Waals surface area contributed by atoms with E-state index in [4.69, 9.17) is 0 Å². The molecule has 2 aromatic carbocycles. The zero-order valence-electron chi connectivity index (χ0n) is 16.9. The Bertz CT molecular complexity index is 1020. The predicted octanol–water partition coefficient (Wildman–Crippen LogP) is 4.04. The first-order valence-electron chi connectivity index (χ1n) is 10.0. The second-order valence-corrected chi connectivity index (χ2v) is 8.07. The molecule has 0 unspecified atom stereocenters. The fraction of sp³-hybridized carbons (Fsp3) is 0.348. The lowest BCUT2D eigenvalue weighted by Gasteiger charge is -2.14. The first kappa shape index (κ1) is 21.1. The van der Waals surface area contributed by atoms with Gasteiger partial charge in [0, 0.05) is 12.6 Å². The Morgan fingerprint density at radius 1 is 1.14 bits per heavy atom. The molecule has 0 fully saturated rings. The van der Waals surface area contributed by atoms with E-state index in [-0.39, 0.29) is 23.3 Å². The molecule has 0 saturated carbocycles. The monoisotopic (exact) mass is 409 g/mol. The van der Waals surface area contributed by atoms with Crippen LogP contribution in [-0.2, 0) is 17.8 Å². The molecule has 1 amide bonds. The van der Waals surface area contributed by atoms with E-state index in [9.17, 15) is 9.59 Å². The third-order valence-corrected chi connectivity index (χ3v) is 5.85. The van der Waals surface area contributed by atoms with Gasteiger partial charge in [-0.1, -0.05) is 61.2 Å². The zero-order chi connectivity index (χ0) is 20.6. The van der Waals surface area contributed by atoms with Gasteiger partial charge in [-0.15, -0.1) is 0 Å². The summed E-state index contributed by atoms with van der Waals surface area (Å²) in [5, 5.41) is 4.17. The Balaban J connectivity index is 1.79. The summed E-state index contributed by atoms with van der Waals surface area (Å²) in [7, 11) is 0. The highest BCUT2D eigenvalue weighted by atomic mass is 32.2. The summed E-state index contributed by atoms with van der Waals surface area (Å²) in [6.45, 7) is 4.59. The summed E-state index contributed by atoms with van der Waals surface area (Å²) in [4.78, 5) is 29.9. The summed E-state index contributed by atoms with van der Waals surface area (Å²) in [6, 6.07) is 17.8. The highest BCUT2D eigenvalue weighted by molar-refractivity contribution is 7.99. The van der Waals surface area contributed by atoms with Gasteiger partial charge in [-0.25, -0.2) is 4.98 Å². The van der Waals surface area contributed by atoms with Crippen LogP contribution >= 0.6 is 11.8 Å². The van der Waals surface area contributed by atoms with Crippen molar-refractivity contribution in [2.45, 2.75) is 50.9 Å². The van der Waals surface area contributed by atoms with Crippen LogP contribution in [0.1, 0.15) is 32.3 Å². The van der Waals surface area contributed by atoms with Gasteiger partial charge in [0.25, 0.3) is 5.56 Å². The van der Waals surface area contributed by atoms with E-state index < -0.39 is 0 Å². The molecule has 0 bridgehead atoms. The van der Waals surface area contributed by atoms with Crippen molar-refractivity contribution in [2.24, 2.45) is 0 Å². The molecule has 3 aromatic rings. The van der Waals surface area contributed by atoms with E-state index in [0.29, 0.717) is 22.6 Å². The summed E-state index contributed by atoms with van der Waals surface area (Å²) in [5.74, 6) is 0.205. The minimum Gasteiger partial charge on any atom is -0.353 e. The first-order chi connectivity index (χ1) is 14.1. The molecular weight excluding hydrogens is 382 g/mol. The van der Waals surface area contributed by atoms with Gasteiger partial charge in [-0.2, -0.15) is 0 Å². The third kappa shape index (κ3) is 5.70. The molecule has 3 rings (SSSR count). The third-order valence-electron chi connectivity index (χ3n) is 4.87. The predicted molar refractivity (Wildman–Crippen MR) is 119 cm³/mol. The molecule has 0 aliphatic rings. The van der Waals surface area contributed by atoms with Crippen molar-refractivity contribution in [1.29, 1.82) is 0 Å². The standard InChI is InChI=1S/C23H27N3O2S/c1-3-17(2)24-21(27)16-29-23-25-20-14-8-7-13-19(20)22(28)26(23)15-9-12-18-10-5-4-6-11-18/h4-8,10-11,13-14,17H,3,9,12,15-16H2,1-2H3,(H,24,27)/t17-/m1/s1. The van der Waals surface area contributed by atoms with Crippen LogP contribution in [0.3, 0.4) is 0 Å². The van der Waals surface area contributed by atoms with Gasteiger partial charge in [0.05, 0.1) is 16.7 Å². The molecule has 1 heterocycles. The van der Waals surface area contributed by atoms with E-state index in [1.807, 2.05) is 56.3 Å². The number of benzene rings is 2. The molecule has 0 aliphatic heterocycles. The summed E-state index contributed by atoms with van der Waals surface area (Å²) >= 11 is 1.32. The molecule has 5 nitrogen and oxygen atoms in total. The number of nitrogens with one attached hydrogen (secondary N) is 1. The number of para-hydroxylation sites is 1. The Morgan fingerprint density at radius 2 is 1.86 bits per heavy atom. The number of hydrogen-bond acceptors (Lipinski definition) is 4. The molecule has 6 heteroatoms. The second kappa shape index (κ2) is 10.3. The number of hydrogen-bond donors (Lipinski definition) is 1. The van der Waals surface area contributed by atoms with Gasteiger partial charge in [-0.05, 0) is 43.9 Å². The Hall–Kier alpha value is -2.60. The average Bonchev–Trinajstić information content (AvgIpc) is 2.74. The maximum atomic E-state index is 13.1. The van der Waals surface area contributed by atoms with E-state index in [2.05, 4.69) is 22.4 Å². The Kier molecular flexibility index (Phi) is 7.47. The van der Waals surface area contributed by atoms with Crippen molar-refractivity contribution in [3.8, 4) is 0 Å². The number of aromatic nitrogens is 2. The second-order valence-electron chi connectivity index (χ2n) is 7.12. The largest absolute Gasteiger partial charge is 0.353 e. The molecule has 0 saturated heterocycles. The molecule has 0 radical (unpaired) electrons. The Labute approximate surface area is 175 Å². The van der Waals surface area contributed by atoms with Crippen LogP contribution in [0, 0.1) is 0 Å². The van der Waals surface area contributed by atoms with E-state index >= 15 is 0 Å². The number of carbonyl (C=O) groups excluding carboxylic acids is 1. The highest BCUT2D eigenvalue weighted by Crippen LogP contribution is 2.18. The van der Waals surface area contributed by atoms with Gasteiger partial charge in [0.1, 0.15) is 0 Å². The van der Waals surface area contributed by atoms with Crippen LogP contribution in [0.4, 0.5) is 0 Å². The van der Waals surface area contributed by atoms with Gasteiger partial charge in [0.15, 0.2) is 5.16 Å². The average molecular weight is 410 g/mol. The lowest BCUT2D eigenvalue weighted by molar-refractivity contribution is -0.119. The van der Waals surface area contributed by atoms with Crippen LogP contribution in [-0.4, -0.2) is 27.3 Å². The van der Waals surface area contributed by atoms with Crippen LogP contribution in [0.2, 0.25) is 0 Å². The summed E-state index contributed by atoms with van der Waals surface area (Å²) in [5.41, 5.74) is 1.87. The fourth-order valence-electron chi connectivity index (χ4n) is 3.09. The van der Waals surface area contributed by atoms with Crippen molar-refractivity contribution in [1.82, 2.24) is 14.9 Å². The van der Waals surface area contributed by atoms with Gasteiger partial charge >= 0.3 is 0 Å². The maximum absolute atomic E-state index is 13.1. The number of carbonyl (C=O) groups is 1. The lowest BCUT2D eigenvalue weighted by atomic mass is 10.1. The molecule has 29 heavy (non-hydrogen) atoms. The molecule has 1 atom stereocenters. The number of thioether (sulfide) groups is 1. The van der Waals surface area contributed by atoms with Crippen molar-refractivity contribution >= 4 is 28.6 Å². The van der Waals surface area contributed by atoms with Crippen molar-refractivity contribution in [2.75, 3.05) is 5.75 Å². The minimum absolute atomic E-state index is 0.0393. The van der Waals surface area contributed by atoms with Crippen molar-refractivity contribution in [3.05, 3.63) is 70.5 Å². The van der Waals surface area contributed by atoms with Crippen molar-refractivity contribution in [3.63, 3.8) is 0 Å². The van der Waals surface area contributed by atoms with E-state index in [1.165, 1.54) is 17.3 Å². The number of rotatable bonds is 9. The summed E-state index contributed by atoms with van der Waals surface area (Å²) in [6.07, 6.45) is 2.60. The smallest absolute Gasteiger partial charge is 0.262 e.